The maximum Gasteiger partial charge on any atom is 0.245 e. The van der Waals surface area contributed by atoms with Gasteiger partial charge in [0.05, 0.1) is 36.9 Å². The van der Waals surface area contributed by atoms with Crippen molar-refractivity contribution in [1.82, 2.24) is 36.9 Å². The average Bonchev–Trinajstić information content (AvgIpc) is 4.06. The van der Waals surface area contributed by atoms with Crippen LogP contribution in [0.3, 0.4) is 0 Å². The van der Waals surface area contributed by atoms with E-state index in [1.54, 1.807) is 6.20 Å². The predicted octanol–water partition coefficient (Wildman–Crippen LogP) is 2.41. The van der Waals surface area contributed by atoms with Crippen LogP contribution >= 0.6 is 45.1 Å². The average molecular weight is 1160 g/mol. The zero-order valence-corrected chi connectivity index (χ0v) is 48.2. The Hall–Kier alpha value is -5.11. The fraction of sp³-hybridized carbons (Fsp3) is 0.518. The Morgan fingerprint density at radius 1 is 0.772 bits per heavy atom. The molecule has 3 unspecified atom stereocenters. The number of nitrogens with two attached hydrogens (primary N) is 2. The minimum Gasteiger partial charge on any atom is -0.394 e. The number of unbranched alkanes of at least 4 members (excludes halogenated alkanes) is 1. The lowest BCUT2D eigenvalue weighted by molar-refractivity contribution is -0.137. The first-order valence-electron chi connectivity index (χ1n) is 26.9. The number of carbonyl (C=O) groups is 7. The van der Waals surface area contributed by atoms with Crippen molar-refractivity contribution in [3.63, 3.8) is 0 Å². The van der Waals surface area contributed by atoms with Gasteiger partial charge in [0.15, 0.2) is 5.78 Å². The van der Waals surface area contributed by atoms with E-state index in [2.05, 4.69) is 43.8 Å². The zero-order valence-electron chi connectivity index (χ0n) is 44.9. The minimum atomic E-state index is -1.66. The van der Waals surface area contributed by atoms with Gasteiger partial charge in [0.25, 0.3) is 0 Å². The van der Waals surface area contributed by atoms with Gasteiger partial charge >= 0.3 is 0 Å². The highest BCUT2D eigenvalue weighted by Crippen LogP contribution is 2.38. The van der Waals surface area contributed by atoms with Crippen LogP contribution in [0.15, 0.2) is 85.1 Å². The molecule has 6 rings (SSSR count). The minimum absolute atomic E-state index is 0.0459. The molecule has 12 atom stereocenters. The maximum atomic E-state index is 15.2. The number of amides is 6. The number of carbonyl (C=O) groups excluding carboxylic acids is 7. The molecule has 2 aliphatic heterocycles. The van der Waals surface area contributed by atoms with E-state index in [4.69, 9.17) is 11.5 Å². The number of aromatic nitrogens is 1. The van der Waals surface area contributed by atoms with Crippen LogP contribution < -0.4 is 43.4 Å². The summed E-state index contributed by atoms with van der Waals surface area (Å²) in [5, 5.41) is 50.5. The van der Waals surface area contributed by atoms with Gasteiger partial charge in [-0.2, -0.15) is 0 Å². The third-order valence-electron chi connectivity index (χ3n) is 14.2. The van der Waals surface area contributed by atoms with E-state index < -0.39 is 108 Å². The Kier molecular flexibility index (Phi) is 25.4. The van der Waals surface area contributed by atoms with Gasteiger partial charge in [0.2, 0.25) is 35.4 Å². The van der Waals surface area contributed by atoms with E-state index in [0.29, 0.717) is 28.9 Å². The van der Waals surface area contributed by atoms with Gasteiger partial charge in [-0.25, -0.2) is 0 Å². The van der Waals surface area contributed by atoms with Gasteiger partial charge in [-0.1, -0.05) is 101 Å². The SMILES string of the molecule is CC1SCS[C@H]1CCc1cccc(C[C@@H]2CC(=O)[C@@H](NC(=O)[C@H](N)Cc3ccccc3)CSSC[C@@H](C(=O)N[C@H](CO)C(C)O)NC(=O)[C@H](C(C)O)NC(=O)[C@H](CCCCN)NC(=O)[C@@H](Cc3c[nH]c4ccccc34)NC2=O)c1. The Morgan fingerprint density at radius 3 is 2.18 bits per heavy atom. The smallest absolute Gasteiger partial charge is 0.245 e. The highest BCUT2D eigenvalue weighted by molar-refractivity contribution is 8.76. The number of hydrogen-bond donors (Lipinski definition) is 12. The number of Topliss-reactive ketones (excluding diaryl/α,β-unsaturated/α-hetero) is 1. The number of nitrogens with one attached hydrogen (secondary N) is 7. The van der Waals surface area contributed by atoms with Crippen molar-refractivity contribution in [2.75, 3.05) is 29.7 Å². The second-order valence-electron chi connectivity index (χ2n) is 20.3. The van der Waals surface area contributed by atoms with Gasteiger partial charge in [-0.3, -0.25) is 33.6 Å². The number of aromatic amines is 1. The van der Waals surface area contributed by atoms with Crippen LogP contribution in [0.5, 0.6) is 0 Å². The van der Waals surface area contributed by atoms with Crippen LogP contribution in [0.4, 0.5) is 0 Å². The molecular weight excluding hydrogens is 1090 g/mol. The molecule has 4 aromatic rings. The standard InChI is InChI=1S/C56H77N9O10S4/c1-32(67)45(28-66)62-55(74)47-30-79-78-29-46(63-52(71)41(58)24-35-12-5-4-6-13-35)48(69)26-38(23-37-15-11-14-36(22-37)19-20-49-34(3)76-31-77-49)51(70)61-44(25-39-27-59-42-17-8-7-16-40(39)42)54(73)60-43(18-9-10-21-57)53(72)65-50(33(2)68)56(75)64-47/h4-8,11-17,22,27,32-34,38,41,43-47,49-50,59,66-68H,9-10,18-21,23-26,28-31,57-58H2,1-3H3,(H,60,73)(H,61,70)(H,62,74)(H,63,71)(H,64,75)(H,65,72)/t32?,33?,34?,38-,41-,43+,44-,45-,46+,47+,49+,50+/m1/s1. The number of thioether (sulfide) groups is 2. The maximum absolute atomic E-state index is 15.2. The number of rotatable bonds is 20. The molecule has 14 N–H and O–H groups in total. The molecule has 0 saturated carbocycles. The van der Waals surface area contributed by atoms with E-state index >= 15 is 4.79 Å². The van der Waals surface area contributed by atoms with Crippen LogP contribution in [0.2, 0.25) is 0 Å². The first-order chi connectivity index (χ1) is 37.9. The summed E-state index contributed by atoms with van der Waals surface area (Å²) < 4.78 is 0. The summed E-state index contributed by atoms with van der Waals surface area (Å²) in [6.45, 7) is 4.51. The molecule has 0 radical (unpaired) electrons. The van der Waals surface area contributed by atoms with E-state index in [1.165, 1.54) is 13.8 Å². The normalized spacial score (nSPS) is 24.7. The van der Waals surface area contributed by atoms with Crippen molar-refractivity contribution in [2.24, 2.45) is 17.4 Å². The van der Waals surface area contributed by atoms with Gasteiger partial charge in [0.1, 0.15) is 24.2 Å². The second-order valence-corrected chi connectivity index (χ2v) is 25.9. The van der Waals surface area contributed by atoms with E-state index in [9.17, 15) is 44.1 Å². The van der Waals surface area contributed by atoms with E-state index in [0.717, 1.165) is 67.1 Å². The summed E-state index contributed by atoms with van der Waals surface area (Å²) in [6, 6.07) is 15.4. The number of ketones is 1. The highest BCUT2D eigenvalue weighted by atomic mass is 33.1. The molecule has 79 heavy (non-hydrogen) atoms. The van der Waals surface area contributed by atoms with Crippen molar-refractivity contribution >= 4 is 97.2 Å². The molecule has 430 valence electrons. The molecule has 19 nitrogen and oxygen atoms in total. The molecule has 3 aromatic carbocycles. The number of benzene rings is 3. The number of aryl methyl sites for hydroxylation is 1. The van der Waals surface area contributed by atoms with Crippen molar-refractivity contribution < 1.29 is 48.9 Å². The topological polar surface area (TPSA) is 320 Å². The van der Waals surface area contributed by atoms with Crippen molar-refractivity contribution in [3.05, 3.63) is 107 Å². The molecule has 2 fully saturated rings. The van der Waals surface area contributed by atoms with E-state index in [-0.39, 0.29) is 50.2 Å². The van der Waals surface area contributed by atoms with Gasteiger partial charge in [-0.15, -0.1) is 23.5 Å². The fourth-order valence-electron chi connectivity index (χ4n) is 9.39. The molecule has 2 saturated heterocycles. The number of H-pyrrole nitrogens is 1. The van der Waals surface area contributed by atoms with Crippen LogP contribution in [-0.2, 0) is 59.2 Å². The Bertz CT molecular complexity index is 2670. The van der Waals surface area contributed by atoms with Gasteiger partial charge < -0.3 is 63.7 Å². The summed E-state index contributed by atoms with van der Waals surface area (Å²) in [4.78, 5) is 105. The fourth-order valence-corrected chi connectivity index (χ4v) is 15.0. The molecular formula is C56H77N9O10S4. The summed E-state index contributed by atoms with van der Waals surface area (Å²) in [7, 11) is 2.15. The molecule has 0 aliphatic carbocycles. The highest BCUT2D eigenvalue weighted by Gasteiger charge is 2.37. The van der Waals surface area contributed by atoms with Crippen molar-refractivity contribution in [2.45, 2.75) is 144 Å². The Labute approximate surface area is 478 Å². The molecule has 2 aliphatic rings. The van der Waals surface area contributed by atoms with Crippen molar-refractivity contribution in [3.8, 4) is 0 Å². The van der Waals surface area contributed by atoms with Crippen LogP contribution in [-0.4, -0.2) is 156 Å². The first kappa shape index (κ1) is 63.1. The number of hydrogen-bond acceptors (Lipinski definition) is 16. The monoisotopic (exact) mass is 1160 g/mol. The Morgan fingerprint density at radius 2 is 1.47 bits per heavy atom. The molecule has 6 amide bonds. The Balaban J connectivity index is 1.40. The zero-order chi connectivity index (χ0) is 57.0. The van der Waals surface area contributed by atoms with E-state index in [1.807, 2.05) is 102 Å². The number of aliphatic hydroxyl groups is 3. The van der Waals surface area contributed by atoms with Gasteiger partial charge in [-0.05, 0) is 93.7 Å². The largest absolute Gasteiger partial charge is 0.394 e. The molecule has 23 heteroatoms. The molecule has 3 heterocycles. The summed E-state index contributed by atoms with van der Waals surface area (Å²) >= 11 is 3.89. The lowest BCUT2D eigenvalue weighted by Crippen LogP contribution is -2.62. The summed E-state index contributed by atoms with van der Waals surface area (Å²) in [6.07, 6.45) is 1.47. The van der Waals surface area contributed by atoms with Crippen LogP contribution in [0.1, 0.15) is 75.1 Å². The third-order valence-corrected chi connectivity index (χ3v) is 19.8. The van der Waals surface area contributed by atoms with Crippen LogP contribution in [0.25, 0.3) is 10.9 Å². The molecule has 0 bridgehead atoms. The van der Waals surface area contributed by atoms with Crippen molar-refractivity contribution in [1.29, 1.82) is 0 Å². The molecule has 0 spiro atoms. The quantitative estimate of drug-likeness (QED) is 0.0447. The second kappa shape index (κ2) is 31.8. The number of aliphatic hydroxyl groups excluding tert-OH is 3. The lowest BCUT2D eigenvalue weighted by atomic mass is 9.90. The summed E-state index contributed by atoms with van der Waals surface area (Å²) in [5.74, 6) is -6.49. The first-order valence-corrected chi connectivity index (χ1v) is 31.4. The van der Waals surface area contributed by atoms with Gasteiger partial charge in [0, 0.05) is 62.9 Å². The summed E-state index contributed by atoms with van der Waals surface area (Å²) in [5.41, 5.74) is 16.4. The third kappa shape index (κ3) is 19.3. The lowest BCUT2D eigenvalue weighted by Gasteiger charge is -2.29. The number of fused-ring (bicyclic) bond motifs is 1. The molecule has 1 aromatic heterocycles. The predicted molar refractivity (Wildman–Crippen MR) is 315 cm³/mol. The van der Waals surface area contributed by atoms with Crippen LogP contribution in [0, 0.1) is 5.92 Å². The number of para-hydroxylation sites is 1.